The van der Waals surface area contributed by atoms with Crippen molar-refractivity contribution in [2.75, 3.05) is 43.9 Å². The molecule has 1 amide bonds. The lowest BCUT2D eigenvalue weighted by molar-refractivity contribution is -0.149. The third-order valence-corrected chi connectivity index (χ3v) is 5.13. The van der Waals surface area contributed by atoms with E-state index in [9.17, 15) is 18.0 Å². The highest BCUT2D eigenvalue weighted by atomic mass is 19.3. The van der Waals surface area contributed by atoms with E-state index in [2.05, 4.69) is 25.6 Å². The Bertz CT molecular complexity index is 1130. The number of ether oxygens (including phenoxy) is 1. The molecule has 8 nitrogen and oxygen atoms in total. The van der Waals surface area contributed by atoms with Crippen molar-refractivity contribution in [1.29, 1.82) is 0 Å². The highest BCUT2D eigenvalue weighted by Crippen LogP contribution is 2.28. The number of alkyl halides is 2. The number of amides is 1. The van der Waals surface area contributed by atoms with Gasteiger partial charge in [0.05, 0.1) is 29.6 Å². The van der Waals surface area contributed by atoms with Gasteiger partial charge in [0.25, 0.3) is 5.91 Å². The molecule has 1 aromatic carbocycles. The third kappa shape index (κ3) is 4.57. The Morgan fingerprint density at radius 2 is 2.09 bits per heavy atom. The molecule has 0 radical (unpaired) electrons. The number of nitrogens with one attached hydrogen (secondary N) is 2. The molecule has 4 rings (SSSR count). The van der Waals surface area contributed by atoms with Gasteiger partial charge in [0, 0.05) is 44.6 Å². The van der Waals surface area contributed by atoms with Gasteiger partial charge in [-0.2, -0.15) is 8.78 Å². The topological polar surface area (TPSA) is 92.3 Å². The number of benzene rings is 1. The minimum atomic E-state index is -3.05. The molecule has 32 heavy (non-hydrogen) atoms. The Balaban J connectivity index is 1.58. The van der Waals surface area contributed by atoms with Crippen LogP contribution in [0.15, 0.2) is 36.7 Å². The molecule has 3 aromatic rings. The number of carbonyl (C=O) groups excluding carboxylic acids is 1. The lowest BCUT2D eigenvalue weighted by Crippen LogP contribution is -2.49. The van der Waals surface area contributed by atoms with Crippen molar-refractivity contribution in [3.63, 3.8) is 0 Å². The number of pyridine rings is 1. The van der Waals surface area contributed by atoms with E-state index in [-0.39, 0.29) is 26.2 Å². The van der Waals surface area contributed by atoms with Gasteiger partial charge in [-0.3, -0.25) is 9.78 Å². The number of halogens is 3. The molecule has 1 fully saturated rings. The Kier molecular flexibility index (Phi) is 6.35. The SMILES string of the molecule is CNc1ccc(-c2cc3nccnc3c(NC[C@@H]3CN(C(=O)C(F)F)CCO3)n2)cc1F. The van der Waals surface area contributed by atoms with Crippen molar-refractivity contribution in [2.24, 2.45) is 0 Å². The van der Waals surface area contributed by atoms with Crippen molar-refractivity contribution in [3.05, 3.63) is 42.5 Å². The molecule has 0 bridgehead atoms. The van der Waals surface area contributed by atoms with Crippen molar-refractivity contribution in [2.45, 2.75) is 12.5 Å². The molecular weight excluding hydrogens is 425 g/mol. The molecular formula is C21H21F3N6O2. The normalized spacial score (nSPS) is 16.4. The minimum Gasteiger partial charge on any atom is -0.386 e. The highest BCUT2D eigenvalue weighted by Gasteiger charge is 2.29. The summed E-state index contributed by atoms with van der Waals surface area (Å²) in [6.45, 7) is 0.532. The molecule has 3 heterocycles. The Hall–Kier alpha value is -3.47. The van der Waals surface area contributed by atoms with Gasteiger partial charge in [-0.15, -0.1) is 0 Å². The van der Waals surface area contributed by atoms with E-state index in [1.807, 2.05) is 0 Å². The molecule has 0 aliphatic carbocycles. The zero-order chi connectivity index (χ0) is 22.7. The van der Waals surface area contributed by atoms with Crippen LogP contribution in [0, 0.1) is 5.82 Å². The zero-order valence-corrected chi connectivity index (χ0v) is 17.2. The van der Waals surface area contributed by atoms with Crippen molar-refractivity contribution in [1.82, 2.24) is 19.9 Å². The van der Waals surface area contributed by atoms with Gasteiger partial charge in [-0.05, 0) is 18.2 Å². The third-order valence-electron chi connectivity index (χ3n) is 5.13. The summed E-state index contributed by atoms with van der Waals surface area (Å²) in [6.07, 6.45) is -0.486. The van der Waals surface area contributed by atoms with Crippen molar-refractivity contribution in [3.8, 4) is 11.3 Å². The van der Waals surface area contributed by atoms with E-state index < -0.39 is 24.3 Å². The van der Waals surface area contributed by atoms with Gasteiger partial charge in [-0.1, -0.05) is 6.07 Å². The van der Waals surface area contributed by atoms with Crippen LogP contribution in [0.4, 0.5) is 24.7 Å². The average Bonchev–Trinajstić information content (AvgIpc) is 2.81. The van der Waals surface area contributed by atoms with E-state index in [0.717, 1.165) is 4.90 Å². The fourth-order valence-electron chi connectivity index (χ4n) is 3.51. The number of carbonyl (C=O) groups is 1. The lowest BCUT2D eigenvalue weighted by atomic mass is 10.1. The maximum Gasteiger partial charge on any atom is 0.315 e. The summed E-state index contributed by atoms with van der Waals surface area (Å²) >= 11 is 0. The van der Waals surface area contributed by atoms with Crippen LogP contribution in [0.3, 0.4) is 0 Å². The fraction of sp³-hybridized carbons (Fsp3) is 0.333. The molecule has 0 spiro atoms. The summed E-state index contributed by atoms with van der Waals surface area (Å²) < 4.78 is 45.4. The molecule has 0 saturated carbocycles. The van der Waals surface area contributed by atoms with Gasteiger partial charge in [0.2, 0.25) is 0 Å². The average molecular weight is 446 g/mol. The van der Waals surface area contributed by atoms with Crippen LogP contribution >= 0.6 is 0 Å². The van der Waals surface area contributed by atoms with E-state index in [1.54, 1.807) is 31.4 Å². The first-order chi connectivity index (χ1) is 15.5. The molecule has 1 atom stereocenters. The van der Waals surface area contributed by atoms with E-state index in [4.69, 9.17) is 4.74 Å². The molecule has 1 saturated heterocycles. The van der Waals surface area contributed by atoms with Gasteiger partial charge < -0.3 is 20.3 Å². The standard InChI is InChI=1S/C21H21F3N6O2/c1-25-15-3-2-12(8-14(15)22)16-9-17-18(27-5-4-26-17)20(29-16)28-10-13-11-30(6-7-32-13)21(31)19(23)24/h2-5,8-9,13,19,25H,6-7,10-11H2,1H3,(H,28,29)/t13-/m1/s1. The number of aromatic nitrogens is 3. The van der Waals surface area contributed by atoms with Crippen LogP contribution in [0.1, 0.15) is 0 Å². The number of hydrogen-bond donors (Lipinski definition) is 2. The number of anilines is 2. The fourth-order valence-corrected chi connectivity index (χ4v) is 3.51. The van der Waals surface area contributed by atoms with Gasteiger partial charge in [-0.25, -0.2) is 14.4 Å². The number of rotatable bonds is 6. The molecule has 0 unspecified atom stereocenters. The number of hydrogen-bond acceptors (Lipinski definition) is 7. The van der Waals surface area contributed by atoms with Crippen LogP contribution in [-0.4, -0.2) is 71.6 Å². The summed E-state index contributed by atoms with van der Waals surface area (Å²) in [6, 6.07) is 6.44. The second kappa shape index (κ2) is 9.35. The van der Waals surface area contributed by atoms with Crippen LogP contribution < -0.4 is 10.6 Å². The Labute approximate surface area is 181 Å². The first-order valence-corrected chi connectivity index (χ1v) is 9.98. The van der Waals surface area contributed by atoms with E-state index in [0.29, 0.717) is 33.8 Å². The van der Waals surface area contributed by atoms with E-state index >= 15 is 0 Å². The zero-order valence-electron chi connectivity index (χ0n) is 17.2. The number of morpholine rings is 1. The lowest BCUT2D eigenvalue weighted by Gasteiger charge is -2.32. The summed E-state index contributed by atoms with van der Waals surface area (Å²) in [7, 11) is 1.63. The summed E-state index contributed by atoms with van der Waals surface area (Å²) in [4.78, 5) is 25.9. The minimum absolute atomic E-state index is 0.0379. The smallest absolute Gasteiger partial charge is 0.315 e. The molecule has 2 N–H and O–H groups in total. The first kappa shape index (κ1) is 21.8. The molecule has 2 aromatic heterocycles. The van der Waals surface area contributed by atoms with E-state index in [1.165, 1.54) is 12.3 Å². The van der Waals surface area contributed by atoms with Crippen LogP contribution in [-0.2, 0) is 9.53 Å². The highest BCUT2D eigenvalue weighted by molar-refractivity contribution is 5.88. The summed E-state index contributed by atoms with van der Waals surface area (Å²) in [5, 5.41) is 5.89. The van der Waals surface area contributed by atoms with Gasteiger partial charge in [0.15, 0.2) is 5.82 Å². The second-order valence-corrected chi connectivity index (χ2v) is 7.18. The van der Waals surface area contributed by atoms with Crippen LogP contribution in [0.5, 0.6) is 0 Å². The van der Waals surface area contributed by atoms with Gasteiger partial charge >= 0.3 is 6.43 Å². The van der Waals surface area contributed by atoms with Crippen molar-refractivity contribution < 1.29 is 22.7 Å². The summed E-state index contributed by atoms with van der Waals surface area (Å²) in [5.41, 5.74) is 2.46. The second-order valence-electron chi connectivity index (χ2n) is 7.18. The van der Waals surface area contributed by atoms with Crippen LogP contribution in [0.25, 0.3) is 22.3 Å². The Morgan fingerprint density at radius 1 is 1.28 bits per heavy atom. The maximum atomic E-state index is 14.3. The quantitative estimate of drug-likeness (QED) is 0.602. The molecule has 11 heteroatoms. The molecule has 1 aliphatic heterocycles. The predicted molar refractivity (Wildman–Crippen MR) is 113 cm³/mol. The maximum absolute atomic E-state index is 14.3. The summed E-state index contributed by atoms with van der Waals surface area (Å²) in [5.74, 6) is -1.23. The number of nitrogens with zero attached hydrogens (tertiary/aromatic N) is 4. The monoisotopic (exact) mass is 446 g/mol. The van der Waals surface area contributed by atoms with Crippen LogP contribution in [0.2, 0.25) is 0 Å². The number of fused-ring (bicyclic) bond motifs is 1. The molecule has 1 aliphatic rings. The van der Waals surface area contributed by atoms with Gasteiger partial charge in [0.1, 0.15) is 11.3 Å². The largest absolute Gasteiger partial charge is 0.386 e. The van der Waals surface area contributed by atoms with Crippen molar-refractivity contribution >= 4 is 28.4 Å². The molecule has 168 valence electrons. The first-order valence-electron chi connectivity index (χ1n) is 9.98. The Morgan fingerprint density at radius 3 is 2.84 bits per heavy atom. The predicted octanol–water partition coefficient (Wildman–Crippen LogP) is 2.78.